The Hall–Kier alpha value is -0.820. The number of hydrogen-bond acceptors (Lipinski definition) is 1. The Kier molecular flexibility index (Phi) is 3.49. The third-order valence-corrected chi connectivity index (χ3v) is 2.69. The van der Waals surface area contributed by atoms with E-state index in [9.17, 15) is 5.11 Å². The van der Waals surface area contributed by atoms with Crippen LogP contribution in [0.4, 0.5) is 0 Å². The first-order valence-electron chi connectivity index (χ1n) is 4.86. The van der Waals surface area contributed by atoms with Crippen LogP contribution in [0.15, 0.2) is 30.3 Å². The summed E-state index contributed by atoms with van der Waals surface area (Å²) in [4.78, 5) is 0. The van der Waals surface area contributed by atoms with E-state index in [1.54, 1.807) is 0 Å². The molecule has 0 saturated heterocycles. The van der Waals surface area contributed by atoms with Gasteiger partial charge in [-0.05, 0) is 17.4 Å². The summed E-state index contributed by atoms with van der Waals surface area (Å²) in [7, 11) is 0. The minimum atomic E-state index is -0.332. The second-order valence-electron chi connectivity index (χ2n) is 3.96. The van der Waals surface area contributed by atoms with Crippen molar-refractivity contribution in [3.05, 3.63) is 35.9 Å². The van der Waals surface area contributed by atoms with Crippen LogP contribution in [-0.2, 0) is 0 Å². The Morgan fingerprint density at radius 1 is 1.00 bits per heavy atom. The summed E-state index contributed by atoms with van der Waals surface area (Å²) in [6, 6.07) is 9.85. The highest BCUT2D eigenvalue weighted by atomic mass is 16.3. The van der Waals surface area contributed by atoms with Crippen LogP contribution in [0.3, 0.4) is 0 Å². The first-order chi connectivity index (χ1) is 6.13. The predicted octanol–water partition coefficient (Wildman–Crippen LogP) is 3.01. The monoisotopic (exact) mass is 178 g/mol. The average Bonchev–Trinajstić information content (AvgIpc) is 2.17. The van der Waals surface area contributed by atoms with Gasteiger partial charge in [-0.1, -0.05) is 51.1 Å². The minimum Gasteiger partial charge on any atom is -0.388 e. The molecule has 0 aliphatic rings. The van der Waals surface area contributed by atoms with Gasteiger partial charge in [0.1, 0.15) is 0 Å². The zero-order valence-electron chi connectivity index (χ0n) is 8.57. The molecule has 0 spiro atoms. The van der Waals surface area contributed by atoms with Crippen molar-refractivity contribution in [2.24, 2.45) is 11.8 Å². The molecule has 1 N–H and O–H groups in total. The van der Waals surface area contributed by atoms with E-state index in [2.05, 4.69) is 20.8 Å². The van der Waals surface area contributed by atoms with Crippen molar-refractivity contribution in [3.63, 3.8) is 0 Å². The molecular formula is C12H18O. The van der Waals surface area contributed by atoms with Crippen LogP contribution in [0.2, 0.25) is 0 Å². The summed E-state index contributed by atoms with van der Waals surface area (Å²) >= 11 is 0. The lowest BCUT2D eigenvalue weighted by atomic mass is 9.88. The Morgan fingerprint density at radius 2 is 1.54 bits per heavy atom. The van der Waals surface area contributed by atoms with Crippen molar-refractivity contribution in [2.75, 3.05) is 0 Å². The first-order valence-corrected chi connectivity index (χ1v) is 4.86. The van der Waals surface area contributed by atoms with Crippen LogP contribution in [0, 0.1) is 11.8 Å². The van der Waals surface area contributed by atoms with Crippen LogP contribution < -0.4 is 0 Å². The number of benzene rings is 1. The molecule has 2 atom stereocenters. The number of aliphatic hydroxyl groups is 1. The van der Waals surface area contributed by atoms with E-state index < -0.39 is 0 Å². The molecule has 1 aromatic carbocycles. The fourth-order valence-electron chi connectivity index (χ4n) is 1.32. The predicted molar refractivity (Wildman–Crippen MR) is 55.4 cm³/mol. The van der Waals surface area contributed by atoms with Crippen molar-refractivity contribution >= 4 is 0 Å². The van der Waals surface area contributed by atoms with E-state index in [1.807, 2.05) is 30.3 Å². The molecule has 72 valence electrons. The van der Waals surface area contributed by atoms with E-state index in [-0.39, 0.29) is 6.10 Å². The topological polar surface area (TPSA) is 20.2 Å². The van der Waals surface area contributed by atoms with Crippen molar-refractivity contribution in [3.8, 4) is 0 Å². The molecule has 0 aromatic heterocycles. The minimum absolute atomic E-state index is 0.308. The molecule has 0 fully saturated rings. The number of hydrogen-bond donors (Lipinski definition) is 1. The maximum absolute atomic E-state index is 9.96. The van der Waals surface area contributed by atoms with Crippen molar-refractivity contribution in [1.82, 2.24) is 0 Å². The smallest absolute Gasteiger partial charge is 0.0818 e. The second kappa shape index (κ2) is 4.43. The maximum atomic E-state index is 9.96. The van der Waals surface area contributed by atoms with Gasteiger partial charge >= 0.3 is 0 Å². The fourth-order valence-corrected chi connectivity index (χ4v) is 1.32. The third kappa shape index (κ3) is 2.56. The Bertz CT molecular complexity index is 241. The number of aliphatic hydroxyl groups excluding tert-OH is 1. The maximum Gasteiger partial charge on any atom is 0.0818 e. The van der Waals surface area contributed by atoms with Crippen LogP contribution in [0.25, 0.3) is 0 Å². The lowest BCUT2D eigenvalue weighted by molar-refractivity contribution is 0.0921. The Labute approximate surface area is 80.4 Å². The molecule has 1 aromatic rings. The zero-order valence-corrected chi connectivity index (χ0v) is 8.57. The Balaban J connectivity index is 2.73. The van der Waals surface area contributed by atoms with Crippen molar-refractivity contribution in [2.45, 2.75) is 26.9 Å². The fraction of sp³-hybridized carbons (Fsp3) is 0.500. The first kappa shape index (κ1) is 10.3. The molecule has 0 radical (unpaired) electrons. The SMILES string of the molecule is CC(C)[C@H](C)[C@H](O)c1ccccc1. The molecule has 0 aliphatic heterocycles. The van der Waals surface area contributed by atoms with Crippen LogP contribution in [-0.4, -0.2) is 5.11 Å². The molecule has 1 nitrogen and oxygen atoms in total. The van der Waals surface area contributed by atoms with Crippen molar-refractivity contribution in [1.29, 1.82) is 0 Å². The second-order valence-corrected chi connectivity index (χ2v) is 3.96. The van der Waals surface area contributed by atoms with E-state index in [0.717, 1.165) is 5.56 Å². The van der Waals surface area contributed by atoms with Crippen LogP contribution in [0.5, 0.6) is 0 Å². The lowest BCUT2D eigenvalue weighted by Crippen LogP contribution is -2.14. The molecule has 1 heteroatoms. The van der Waals surface area contributed by atoms with E-state index in [1.165, 1.54) is 0 Å². The van der Waals surface area contributed by atoms with Gasteiger partial charge in [0.2, 0.25) is 0 Å². The molecule has 1 rings (SSSR count). The van der Waals surface area contributed by atoms with Gasteiger partial charge in [0.05, 0.1) is 6.10 Å². The van der Waals surface area contributed by atoms with Gasteiger partial charge in [-0.25, -0.2) is 0 Å². The van der Waals surface area contributed by atoms with Gasteiger partial charge in [0.25, 0.3) is 0 Å². The quantitative estimate of drug-likeness (QED) is 0.754. The van der Waals surface area contributed by atoms with Gasteiger partial charge in [-0.2, -0.15) is 0 Å². The molecular weight excluding hydrogens is 160 g/mol. The molecule has 0 heterocycles. The summed E-state index contributed by atoms with van der Waals surface area (Å²) in [5.74, 6) is 0.817. The average molecular weight is 178 g/mol. The summed E-state index contributed by atoms with van der Waals surface area (Å²) in [5, 5.41) is 9.96. The summed E-state index contributed by atoms with van der Waals surface area (Å²) in [6.45, 7) is 6.36. The third-order valence-electron chi connectivity index (χ3n) is 2.69. The highest BCUT2D eigenvalue weighted by Crippen LogP contribution is 2.26. The summed E-state index contributed by atoms with van der Waals surface area (Å²) in [5.41, 5.74) is 1.02. The van der Waals surface area contributed by atoms with Gasteiger partial charge in [0.15, 0.2) is 0 Å². The highest BCUT2D eigenvalue weighted by molar-refractivity contribution is 5.17. The standard InChI is InChI=1S/C12H18O/c1-9(2)10(3)12(13)11-7-5-4-6-8-11/h4-10,12-13H,1-3H3/t10-,12-/m0/s1. The number of rotatable bonds is 3. The zero-order chi connectivity index (χ0) is 9.84. The molecule has 0 bridgehead atoms. The van der Waals surface area contributed by atoms with Crippen LogP contribution >= 0.6 is 0 Å². The highest BCUT2D eigenvalue weighted by Gasteiger charge is 2.18. The van der Waals surface area contributed by atoms with Crippen molar-refractivity contribution < 1.29 is 5.11 Å². The lowest BCUT2D eigenvalue weighted by Gasteiger charge is -2.22. The molecule has 13 heavy (non-hydrogen) atoms. The normalized spacial score (nSPS) is 15.8. The van der Waals surface area contributed by atoms with Gasteiger partial charge < -0.3 is 5.11 Å². The van der Waals surface area contributed by atoms with Gasteiger partial charge in [0, 0.05) is 0 Å². The molecule has 0 amide bonds. The molecule has 0 aliphatic carbocycles. The molecule has 0 saturated carbocycles. The van der Waals surface area contributed by atoms with Crippen LogP contribution in [0.1, 0.15) is 32.4 Å². The summed E-state index contributed by atoms with van der Waals surface area (Å²) < 4.78 is 0. The van der Waals surface area contributed by atoms with E-state index >= 15 is 0 Å². The van der Waals surface area contributed by atoms with E-state index in [4.69, 9.17) is 0 Å². The largest absolute Gasteiger partial charge is 0.388 e. The van der Waals surface area contributed by atoms with E-state index in [0.29, 0.717) is 11.8 Å². The molecule has 0 unspecified atom stereocenters. The Morgan fingerprint density at radius 3 is 2.00 bits per heavy atom. The van der Waals surface area contributed by atoms with Gasteiger partial charge in [-0.3, -0.25) is 0 Å². The van der Waals surface area contributed by atoms with Gasteiger partial charge in [-0.15, -0.1) is 0 Å². The summed E-state index contributed by atoms with van der Waals surface area (Å²) in [6.07, 6.45) is -0.332.